The maximum absolute atomic E-state index is 14.0. The maximum Gasteiger partial charge on any atom is 0.139 e. The Balaban J connectivity index is 2.25. The molecule has 2 heterocycles. The zero-order valence-electron chi connectivity index (χ0n) is 9.74. The van der Waals surface area contributed by atoms with Gasteiger partial charge in [0.15, 0.2) is 0 Å². The SMILES string of the molecule is Fc1cccc2[nH]c3nc4ccc(Br)cc4cc3c12. The van der Waals surface area contributed by atoms with Crippen molar-refractivity contribution in [2.24, 2.45) is 0 Å². The van der Waals surface area contributed by atoms with Crippen LogP contribution in [0, 0.1) is 5.82 Å². The fourth-order valence-electron chi connectivity index (χ4n) is 2.46. The minimum absolute atomic E-state index is 0.222. The van der Waals surface area contributed by atoms with Crippen LogP contribution >= 0.6 is 15.9 Å². The predicted molar refractivity (Wildman–Crippen MR) is 78.8 cm³/mol. The molecule has 4 heteroatoms. The van der Waals surface area contributed by atoms with Crippen molar-refractivity contribution in [3.8, 4) is 0 Å². The van der Waals surface area contributed by atoms with Crippen LogP contribution in [-0.2, 0) is 0 Å². The molecule has 2 aromatic heterocycles. The number of rotatable bonds is 0. The third-order valence-electron chi connectivity index (χ3n) is 3.31. The molecule has 2 aromatic carbocycles. The van der Waals surface area contributed by atoms with Gasteiger partial charge < -0.3 is 4.98 Å². The van der Waals surface area contributed by atoms with Crippen molar-refractivity contribution in [2.75, 3.05) is 0 Å². The van der Waals surface area contributed by atoms with Gasteiger partial charge in [-0.15, -0.1) is 0 Å². The fraction of sp³-hybridized carbons (Fsp3) is 0. The molecule has 92 valence electrons. The number of aromatic nitrogens is 2. The lowest BCUT2D eigenvalue weighted by atomic mass is 10.1. The first-order chi connectivity index (χ1) is 9.22. The Labute approximate surface area is 116 Å². The van der Waals surface area contributed by atoms with Gasteiger partial charge in [-0.05, 0) is 36.4 Å². The highest BCUT2D eigenvalue weighted by Crippen LogP contribution is 2.30. The van der Waals surface area contributed by atoms with E-state index >= 15 is 0 Å². The average Bonchev–Trinajstić information content (AvgIpc) is 2.74. The Morgan fingerprint density at radius 3 is 2.89 bits per heavy atom. The van der Waals surface area contributed by atoms with Gasteiger partial charge in [-0.25, -0.2) is 9.37 Å². The van der Waals surface area contributed by atoms with Crippen LogP contribution in [0.5, 0.6) is 0 Å². The molecule has 0 fully saturated rings. The lowest BCUT2D eigenvalue weighted by Crippen LogP contribution is -1.81. The van der Waals surface area contributed by atoms with Gasteiger partial charge in [-0.1, -0.05) is 22.0 Å². The summed E-state index contributed by atoms with van der Waals surface area (Å²) in [5.41, 5.74) is 2.38. The highest BCUT2D eigenvalue weighted by Gasteiger charge is 2.10. The van der Waals surface area contributed by atoms with E-state index in [0.717, 1.165) is 31.9 Å². The monoisotopic (exact) mass is 314 g/mol. The highest BCUT2D eigenvalue weighted by molar-refractivity contribution is 9.10. The summed E-state index contributed by atoms with van der Waals surface area (Å²) in [5.74, 6) is -0.222. The molecule has 0 amide bonds. The van der Waals surface area contributed by atoms with Crippen molar-refractivity contribution in [3.05, 3.63) is 52.8 Å². The molecular weight excluding hydrogens is 307 g/mol. The summed E-state index contributed by atoms with van der Waals surface area (Å²) < 4.78 is 15.0. The Bertz CT molecular complexity index is 943. The quantitative estimate of drug-likeness (QED) is 0.497. The van der Waals surface area contributed by atoms with E-state index in [9.17, 15) is 4.39 Å². The summed E-state index contributed by atoms with van der Waals surface area (Å²) in [6, 6.07) is 12.9. The van der Waals surface area contributed by atoms with Gasteiger partial charge in [0.2, 0.25) is 0 Å². The molecular formula is C15H8BrFN2. The first-order valence-corrected chi connectivity index (χ1v) is 6.68. The Kier molecular flexibility index (Phi) is 2.17. The number of halogens is 2. The number of hydrogen-bond acceptors (Lipinski definition) is 1. The molecule has 0 spiro atoms. The van der Waals surface area contributed by atoms with Gasteiger partial charge in [0.05, 0.1) is 11.0 Å². The van der Waals surface area contributed by atoms with Crippen molar-refractivity contribution in [2.45, 2.75) is 0 Å². The number of benzene rings is 2. The molecule has 0 atom stereocenters. The molecule has 0 aliphatic carbocycles. The molecule has 4 rings (SSSR count). The Morgan fingerprint density at radius 1 is 1.11 bits per heavy atom. The second kappa shape index (κ2) is 3.78. The van der Waals surface area contributed by atoms with E-state index in [-0.39, 0.29) is 5.82 Å². The molecule has 0 saturated carbocycles. The predicted octanol–water partition coefficient (Wildman–Crippen LogP) is 4.77. The van der Waals surface area contributed by atoms with Gasteiger partial charge in [0.1, 0.15) is 11.5 Å². The minimum atomic E-state index is -0.222. The number of hydrogen-bond donors (Lipinski definition) is 1. The van der Waals surface area contributed by atoms with Crippen LogP contribution in [-0.4, -0.2) is 9.97 Å². The largest absolute Gasteiger partial charge is 0.339 e. The summed E-state index contributed by atoms with van der Waals surface area (Å²) in [6.45, 7) is 0. The number of nitrogens with zero attached hydrogens (tertiary/aromatic N) is 1. The molecule has 0 unspecified atom stereocenters. The van der Waals surface area contributed by atoms with Crippen molar-refractivity contribution >= 4 is 48.8 Å². The van der Waals surface area contributed by atoms with Gasteiger partial charge in [0, 0.05) is 20.6 Å². The Morgan fingerprint density at radius 2 is 2.00 bits per heavy atom. The number of nitrogens with one attached hydrogen (secondary N) is 1. The molecule has 0 saturated heterocycles. The van der Waals surface area contributed by atoms with Crippen LogP contribution in [0.2, 0.25) is 0 Å². The number of fused-ring (bicyclic) bond motifs is 4. The molecule has 19 heavy (non-hydrogen) atoms. The summed E-state index contributed by atoms with van der Waals surface area (Å²) in [6.07, 6.45) is 0. The summed E-state index contributed by atoms with van der Waals surface area (Å²) in [7, 11) is 0. The molecule has 1 N–H and O–H groups in total. The first-order valence-electron chi connectivity index (χ1n) is 5.88. The Hall–Kier alpha value is -1.94. The lowest BCUT2D eigenvalue weighted by Gasteiger charge is -1.99. The lowest BCUT2D eigenvalue weighted by molar-refractivity contribution is 0.640. The smallest absolute Gasteiger partial charge is 0.139 e. The van der Waals surface area contributed by atoms with Crippen LogP contribution in [0.15, 0.2) is 46.9 Å². The molecule has 4 aromatic rings. The van der Waals surface area contributed by atoms with E-state index in [4.69, 9.17) is 0 Å². The first kappa shape index (κ1) is 10.9. The molecule has 0 radical (unpaired) electrons. The molecule has 0 aliphatic heterocycles. The molecule has 0 aliphatic rings. The highest BCUT2D eigenvalue weighted by atomic mass is 79.9. The van der Waals surface area contributed by atoms with Crippen LogP contribution in [0.25, 0.3) is 32.8 Å². The zero-order chi connectivity index (χ0) is 13.0. The molecule has 2 nitrogen and oxygen atoms in total. The van der Waals surface area contributed by atoms with Crippen LogP contribution < -0.4 is 0 Å². The number of pyridine rings is 1. The normalized spacial score (nSPS) is 11.7. The van der Waals surface area contributed by atoms with E-state index < -0.39 is 0 Å². The number of aromatic amines is 1. The minimum Gasteiger partial charge on any atom is -0.339 e. The van der Waals surface area contributed by atoms with Crippen molar-refractivity contribution in [3.63, 3.8) is 0 Å². The van der Waals surface area contributed by atoms with E-state index in [1.54, 1.807) is 6.07 Å². The third-order valence-corrected chi connectivity index (χ3v) is 3.81. The van der Waals surface area contributed by atoms with E-state index in [2.05, 4.69) is 25.9 Å². The van der Waals surface area contributed by atoms with Crippen molar-refractivity contribution < 1.29 is 4.39 Å². The zero-order valence-corrected chi connectivity index (χ0v) is 11.3. The van der Waals surface area contributed by atoms with Crippen LogP contribution in [0.3, 0.4) is 0 Å². The average molecular weight is 315 g/mol. The maximum atomic E-state index is 14.0. The standard InChI is InChI=1S/C15H8BrFN2/c16-9-4-5-12-8(6-9)7-10-14-11(17)2-1-3-13(14)19-15(10)18-12/h1-7H,(H,18,19). The van der Waals surface area contributed by atoms with E-state index in [1.807, 2.05) is 30.3 Å². The topological polar surface area (TPSA) is 28.7 Å². The van der Waals surface area contributed by atoms with Gasteiger partial charge in [0.25, 0.3) is 0 Å². The molecule has 0 bridgehead atoms. The van der Waals surface area contributed by atoms with E-state index in [0.29, 0.717) is 5.39 Å². The van der Waals surface area contributed by atoms with Gasteiger partial charge >= 0.3 is 0 Å². The van der Waals surface area contributed by atoms with Crippen LogP contribution in [0.1, 0.15) is 0 Å². The second-order valence-electron chi connectivity index (χ2n) is 4.51. The number of H-pyrrole nitrogens is 1. The van der Waals surface area contributed by atoms with Crippen molar-refractivity contribution in [1.29, 1.82) is 0 Å². The third kappa shape index (κ3) is 1.56. The summed E-state index contributed by atoms with van der Waals surface area (Å²) >= 11 is 3.44. The van der Waals surface area contributed by atoms with Crippen molar-refractivity contribution in [1.82, 2.24) is 9.97 Å². The fourth-order valence-corrected chi connectivity index (χ4v) is 2.84. The van der Waals surface area contributed by atoms with E-state index in [1.165, 1.54) is 6.07 Å². The summed E-state index contributed by atoms with van der Waals surface area (Å²) in [4.78, 5) is 7.72. The second-order valence-corrected chi connectivity index (χ2v) is 5.42. The van der Waals surface area contributed by atoms with Gasteiger partial charge in [-0.3, -0.25) is 0 Å². The summed E-state index contributed by atoms with van der Waals surface area (Å²) in [5, 5.41) is 2.41. The van der Waals surface area contributed by atoms with Gasteiger partial charge in [-0.2, -0.15) is 0 Å². The van der Waals surface area contributed by atoms with Crippen LogP contribution in [0.4, 0.5) is 4.39 Å².